The Labute approximate surface area is 132 Å². The minimum absolute atomic E-state index is 0.482. The van der Waals surface area contributed by atoms with Crippen molar-refractivity contribution in [3.05, 3.63) is 59.1 Å². The third kappa shape index (κ3) is 2.67. The van der Waals surface area contributed by atoms with Crippen molar-refractivity contribution in [2.24, 2.45) is 4.99 Å². The van der Waals surface area contributed by atoms with Gasteiger partial charge in [-0.15, -0.1) is 11.3 Å². The average molecular weight is 310 g/mol. The van der Waals surface area contributed by atoms with E-state index in [1.54, 1.807) is 11.3 Å². The number of para-hydroxylation sites is 1. The maximum Gasteiger partial charge on any atom is 0.216 e. The minimum atomic E-state index is 0.482. The molecular weight excluding hydrogens is 296 g/mol. The van der Waals surface area contributed by atoms with Gasteiger partial charge in [-0.2, -0.15) is 0 Å². The molecular formula is C17H14N2O2S. The summed E-state index contributed by atoms with van der Waals surface area (Å²) < 4.78 is 12.4. The number of nitrogens with zero attached hydrogens (tertiary/aromatic N) is 2. The lowest BCUT2D eigenvalue weighted by molar-refractivity contribution is 0.305. The summed E-state index contributed by atoms with van der Waals surface area (Å²) in [5.41, 5.74) is 2.02. The van der Waals surface area contributed by atoms with Crippen LogP contribution in [0.1, 0.15) is 10.6 Å². The Hall–Kier alpha value is -2.40. The van der Waals surface area contributed by atoms with Crippen LogP contribution in [0.5, 0.6) is 5.75 Å². The van der Waals surface area contributed by atoms with E-state index in [-0.39, 0.29) is 0 Å². The van der Waals surface area contributed by atoms with Crippen molar-refractivity contribution in [3.8, 4) is 5.75 Å². The van der Waals surface area contributed by atoms with Crippen LogP contribution in [0, 0.1) is 0 Å². The highest BCUT2D eigenvalue weighted by atomic mass is 32.1. The van der Waals surface area contributed by atoms with Crippen molar-refractivity contribution in [1.82, 2.24) is 4.98 Å². The van der Waals surface area contributed by atoms with Gasteiger partial charge in [0, 0.05) is 5.56 Å². The predicted octanol–water partition coefficient (Wildman–Crippen LogP) is 3.65. The van der Waals surface area contributed by atoms with Crippen molar-refractivity contribution < 1.29 is 9.47 Å². The van der Waals surface area contributed by atoms with Crippen LogP contribution < -0.4 is 4.74 Å². The van der Waals surface area contributed by atoms with E-state index in [1.165, 1.54) is 4.70 Å². The van der Waals surface area contributed by atoms with Crippen molar-refractivity contribution in [2.75, 3.05) is 13.2 Å². The van der Waals surface area contributed by atoms with Crippen LogP contribution in [-0.2, 0) is 11.3 Å². The van der Waals surface area contributed by atoms with E-state index in [0.29, 0.717) is 13.2 Å². The molecule has 0 amide bonds. The molecule has 4 rings (SSSR count). The minimum Gasteiger partial charge on any atom is -0.486 e. The summed E-state index contributed by atoms with van der Waals surface area (Å²) >= 11 is 1.66. The number of benzene rings is 2. The topological polar surface area (TPSA) is 43.7 Å². The van der Waals surface area contributed by atoms with Gasteiger partial charge in [0.1, 0.15) is 24.0 Å². The molecule has 0 saturated heterocycles. The Morgan fingerprint density at radius 1 is 1.09 bits per heavy atom. The molecule has 0 bridgehead atoms. The van der Waals surface area contributed by atoms with Crippen LogP contribution in [-0.4, -0.2) is 24.0 Å². The highest BCUT2D eigenvalue weighted by Gasteiger charge is 2.10. The van der Waals surface area contributed by atoms with E-state index in [1.807, 2.05) is 42.5 Å². The lowest BCUT2D eigenvalue weighted by Crippen LogP contribution is -2.01. The lowest BCUT2D eigenvalue weighted by atomic mass is 10.2. The zero-order valence-electron chi connectivity index (χ0n) is 11.9. The van der Waals surface area contributed by atoms with Gasteiger partial charge in [-0.3, -0.25) is 0 Å². The molecule has 2 aromatic carbocycles. The number of hydrogen-bond acceptors (Lipinski definition) is 5. The fraction of sp³-hybridized carbons (Fsp3) is 0.176. The molecule has 5 heteroatoms. The largest absolute Gasteiger partial charge is 0.486 e. The summed E-state index contributed by atoms with van der Waals surface area (Å²) in [7, 11) is 0. The van der Waals surface area contributed by atoms with Crippen molar-refractivity contribution >= 4 is 27.5 Å². The van der Waals surface area contributed by atoms with Gasteiger partial charge in [0.2, 0.25) is 5.90 Å². The lowest BCUT2D eigenvalue weighted by Gasteiger charge is -2.05. The zero-order valence-corrected chi connectivity index (χ0v) is 12.7. The van der Waals surface area contributed by atoms with Crippen molar-refractivity contribution in [2.45, 2.75) is 6.61 Å². The predicted molar refractivity (Wildman–Crippen MR) is 87.8 cm³/mol. The Bertz CT molecular complexity index is 791. The fourth-order valence-electron chi connectivity index (χ4n) is 2.33. The molecule has 0 spiro atoms. The van der Waals surface area contributed by atoms with Crippen molar-refractivity contribution in [3.63, 3.8) is 0 Å². The summed E-state index contributed by atoms with van der Waals surface area (Å²) in [5.74, 6) is 1.54. The van der Waals surface area contributed by atoms with Gasteiger partial charge in [-0.1, -0.05) is 12.1 Å². The number of rotatable bonds is 4. The van der Waals surface area contributed by atoms with Crippen molar-refractivity contribution in [1.29, 1.82) is 0 Å². The molecule has 3 aromatic rings. The van der Waals surface area contributed by atoms with Crippen LogP contribution in [0.15, 0.2) is 53.5 Å². The number of aromatic nitrogens is 1. The highest BCUT2D eigenvalue weighted by Crippen LogP contribution is 2.23. The standard InChI is InChI=1S/C17H14N2O2S/c1-2-4-15-14(3-1)19-16(22-15)11-21-13-7-5-12(6-8-13)17-18-9-10-20-17/h1-8H,9-11H2. The third-order valence-corrected chi connectivity index (χ3v) is 4.40. The quantitative estimate of drug-likeness (QED) is 0.739. The van der Waals surface area contributed by atoms with Crippen LogP contribution in [0.25, 0.3) is 10.2 Å². The normalized spacial score (nSPS) is 13.9. The van der Waals surface area contributed by atoms with E-state index >= 15 is 0 Å². The first-order chi connectivity index (χ1) is 10.9. The van der Waals surface area contributed by atoms with E-state index < -0.39 is 0 Å². The molecule has 0 radical (unpaired) electrons. The monoisotopic (exact) mass is 310 g/mol. The van der Waals surface area contributed by atoms with Crippen LogP contribution >= 0.6 is 11.3 Å². The molecule has 0 unspecified atom stereocenters. The zero-order chi connectivity index (χ0) is 14.8. The van der Waals surface area contributed by atoms with Gasteiger partial charge in [-0.05, 0) is 36.4 Å². The van der Waals surface area contributed by atoms with E-state index in [2.05, 4.69) is 16.0 Å². The van der Waals surface area contributed by atoms with E-state index in [4.69, 9.17) is 9.47 Å². The molecule has 0 fully saturated rings. The Kier molecular flexibility index (Phi) is 3.48. The Morgan fingerprint density at radius 3 is 2.73 bits per heavy atom. The van der Waals surface area contributed by atoms with Crippen LogP contribution in [0.3, 0.4) is 0 Å². The number of fused-ring (bicyclic) bond motifs is 1. The molecule has 0 N–H and O–H groups in total. The smallest absolute Gasteiger partial charge is 0.216 e. The second-order valence-corrected chi connectivity index (χ2v) is 6.04. The summed E-state index contributed by atoms with van der Waals surface area (Å²) in [6.07, 6.45) is 0. The number of aliphatic imine (C=N–C) groups is 1. The maximum atomic E-state index is 5.81. The second-order valence-electron chi connectivity index (χ2n) is 4.92. The average Bonchev–Trinajstić information content (AvgIpc) is 3.22. The van der Waals surface area contributed by atoms with Crippen LogP contribution in [0.2, 0.25) is 0 Å². The highest BCUT2D eigenvalue weighted by molar-refractivity contribution is 7.18. The molecule has 0 atom stereocenters. The summed E-state index contributed by atoms with van der Waals surface area (Å²) in [6.45, 7) is 1.90. The first kappa shape index (κ1) is 13.3. The molecule has 1 aromatic heterocycles. The Balaban J connectivity index is 1.44. The molecule has 0 saturated carbocycles. The third-order valence-electron chi connectivity index (χ3n) is 3.39. The molecule has 0 aliphatic carbocycles. The fourth-order valence-corrected chi connectivity index (χ4v) is 3.21. The molecule has 1 aliphatic heterocycles. The molecule has 22 heavy (non-hydrogen) atoms. The summed E-state index contributed by atoms with van der Waals surface area (Å²) in [6, 6.07) is 15.9. The van der Waals surface area contributed by atoms with Gasteiger partial charge in [0.15, 0.2) is 0 Å². The first-order valence-corrected chi connectivity index (χ1v) is 7.95. The number of ether oxygens (including phenoxy) is 2. The molecule has 2 heterocycles. The van der Waals surface area contributed by atoms with Gasteiger partial charge in [0.25, 0.3) is 0 Å². The van der Waals surface area contributed by atoms with Gasteiger partial charge < -0.3 is 9.47 Å². The first-order valence-electron chi connectivity index (χ1n) is 7.13. The SMILES string of the molecule is c1ccc2sc(COc3ccc(C4=NCCO4)cc3)nc2c1. The Morgan fingerprint density at radius 2 is 1.95 bits per heavy atom. The molecule has 4 nitrogen and oxygen atoms in total. The van der Waals surface area contributed by atoms with Gasteiger partial charge in [0.05, 0.1) is 16.8 Å². The van der Waals surface area contributed by atoms with Crippen LogP contribution in [0.4, 0.5) is 0 Å². The number of thiazole rings is 1. The molecule has 1 aliphatic rings. The summed E-state index contributed by atoms with van der Waals surface area (Å²) in [5, 5.41) is 0.980. The summed E-state index contributed by atoms with van der Waals surface area (Å²) in [4.78, 5) is 8.86. The maximum absolute atomic E-state index is 5.81. The van der Waals surface area contributed by atoms with Gasteiger partial charge >= 0.3 is 0 Å². The number of hydrogen-bond donors (Lipinski definition) is 0. The second kappa shape index (κ2) is 5.77. The van der Waals surface area contributed by atoms with E-state index in [0.717, 1.165) is 34.3 Å². The van der Waals surface area contributed by atoms with Gasteiger partial charge in [-0.25, -0.2) is 9.98 Å². The van der Waals surface area contributed by atoms with E-state index in [9.17, 15) is 0 Å². The molecule has 110 valence electrons.